The number of esters is 1. The molecule has 2 aliphatic rings. The summed E-state index contributed by atoms with van der Waals surface area (Å²) in [5, 5.41) is 4.09. The summed E-state index contributed by atoms with van der Waals surface area (Å²) in [4.78, 5) is 14.8. The van der Waals surface area contributed by atoms with Gasteiger partial charge in [0.1, 0.15) is 11.3 Å². The molecule has 3 heterocycles. The molecular weight excluding hydrogens is 366 g/mol. The number of nitrogens with zero attached hydrogens (tertiary/aromatic N) is 3. The van der Waals surface area contributed by atoms with Crippen LogP contribution in [0.2, 0.25) is 0 Å². The van der Waals surface area contributed by atoms with Gasteiger partial charge in [-0.3, -0.25) is 0 Å². The van der Waals surface area contributed by atoms with E-state index < -0.39 is 0 Å². The number of carbonyl (C=O) groups is 1. The lowest BCUT2D eigenvalue weighted by Crippen LogP contribution is -2.33. The lowest BCUT2D eigenvalue weighted by molar-refractivity contribution is 0.0522. The maximum atomic E-state index is 12.8. The van der Waals surface area contributed by atoms with Crippen molar-refractivity contribution in [2.45, 2.75) is 19.9 Å². The Morgan fingerprint density at radius 1 is 1.21 bits per heavy atom. The van der Waals surface area contributed by atoms with Crippen molar-refractivity contribution in [3.63, 3.8) is 0 Å². The first-order valence-electron chi connectivity index (χ1n) is 9.70. The van der Waals surface area contributed by atoms with Crippen molar-refractivity contribution < 1.29 is 13.9 Å². The first-order valence-corrected chi connectivity index (χ1v) is 9.70. The Hall–Kier alpha value is -3.25. The van der Waals surface area contributed by atoms with E-state index in [4.69, 9.17) is 9.15 Å². The van der Waals surface area contributed by atoms with Gasteiger partial charge in [0, 0.05) is 26.0 Å². The van der Waals surface area contributed by atoms with Gasteiger partial charge >= 0.3 is 5.97 Å². The summed E-state index contributed by atoms with van der Waals surface area (Å²) < 4.78 is 11.5. The summed E-state index contributed by atoms with van der Waals surface area (Å²) in [5.41, 5.74) is 3.34. The van der Waals surface area contributed by atoms with Crippen LogP contribution in [0.25, 0.3) is 0 Å². The molecule has 0 saturated heterocycles. The number of hydrogen-bond donors (Lipinski definition) is 0. The second kappa shape index (κ2) is 7.64. The molecule has 6 heteroatoms. The van der Waals surface area contributed by atoms with Crippen LogP contribution in [-0.2, 0) is 4.74 Å². The summed E-state index contributed by atoms with van der Waals surface area (Å²) in [6, 6.07) is 9.81. The number of likely N-dealkylation sites (N-methyl/N-ethyl adjacent to an activating group) is 2. The highest BCUT2D eigenvalue weighted by molar-refractivity contribution is 5.95. The molecule has 2 aliphatic heterocycles. The minimum absolute atomic E-state index is 0.185. The van der Waals surface area contributed by atoms with Crippen LogP contribution in [-0.4, -0.2) is 36.6 Å². The average Bonchev–Trinajstić information content (AvgIpc) is 3.17. The van der Waals surface area contributed by atoms with Gasteiger partial charge in [0.15, 0.2) is 0 Å². The molecule has 1 unspecified atom stereocenters. The van der Waals surface area contributed by atoms with E-state index in [-0.39, 0.29) is 12.0 Å². The van der Waals surface area contributed by atoms with Gasteiger partial charge in [-0.1, -0.05) is 24.3 Å². The Balaban J connectivity index is 1.87. The number of rotatable bonds is 4. The lowest BCUT2D eigenvalue weighted by atomic mass is 10.0. The van der Waals surface area contributed by atoms with Gasteiger partial charge in [-0.25, -0.2) is 14.8 Å². The fraction of sp³-hybridized carbons (Fsp3) is 0.261. The number of furan rings is 1. The number of aryl methyl sites for hydroxylation is 1. The zero-order valence-electron chi connectivity index (χ0n) is 17.1. The first-order chi connectivity index (χ1) is 14.0. The van der Waals surface area contributed by atoms with E-state index in [1.165, 1.54) is 0 Å². The average molecular weight is 391 g/mol. The van der Waals surface area contributed by atoms with Gasteiger partial charge in [-0.2, -0.15) is 0 Å². The van der Waals surface area contributed by atoms with Gasteiger partial charge in [0.05, 0.1) is 23.9 Å². The molecule has 2 aromatic rings. The second-order valence-electron chi connectivity index (χ2n) is 7.04. The summed E-state index contributed by atoms with van der Waals surface area (Å²) in [5.74, 6) is 0.867. The number of allylic oxidation sites excluding steroid dienone is 3. The number of hydrogen-bond acceptors (Lipinski definition) is 6. The Morgan fingerprint density at radius 3 is 2.66 bits per heavy atom. The van der Waals surface area contributed by atoms with E-state index in [0.29, 0.717) is 23.8 Å². The summed E-state index contributed by atoms with van der Waals surface area (Å²) in [6.45, 7) is 3.94. The molecule has 0 amide bonds. The van der Waals surface area contributed by atoms with Crippen LogP contribution in [0, 0.1) is 6.92 Å². The van der Waals surface area contributed by atoms with Crippen LogP contribution in [0.1, 0.15) is 34.6 Å². The highest BCUT2D eigenvalue weighted by Gasteiger charge is 2.42. The summed E-state index contributed by atoms with van der Waals surface area (Å²) >= 11 is 0. The van der Waals surface area contributed by atoms with Crippen molar-refractivity contribution in [1.29, 1.82) is 0 Å². The fourth-order valence-corrected chi connectivity index (χ4v) is 3.82. The number of anilines is 2. The standard InChI is InChI=1S/C23H25N3O3/c1-5-28-23(27)20-16(2)29-22-21(20)19(15-18-13-9-10-14-24(18)3)25(4)26(22)17-11-7-6-8-12-17/h6-15,19H,5H2,1-4H3. The minimum Gasteiger partial charge on any atom is -0.462 e. The number of fused-ring (bicyclic) bond motifs is 1. The quantitative estimate of drug-likeness (QED) is 0.704. The van der Waals surface area contributed by atoms with Crippen molar-refractivity contribution in [2.24, 2.45) is 0 Å². The molecule has 29 heavy (non-hydrogen) atoms. The minimum atomic E-state index is -0.353. The van der Waals surface area contributed by atoms with Crippen LogP contribution >= 0.6 is 0 Å². The molecule has 0 spiro atoms. The van der Waals surface area contributed by atoms with Gasteiger partial charge in [0.25, 0.3) is 0 Å². The SMILES string of the molecule is CCOC(=O)c1c(C)oc2c1C(C=C1C=CC=CN1C)N(C)N2c1ccccc1. The summed E-state index contributed by atoms with van der Waals surface area (Å²) in [7, 11) is 4.00. The topological polar surface area (TPSA) is 49.2 Å². The van der Waals surface area contributed by atoms with E-state index in [2.05, 4.69) is 22.1 Å². The second-order valence-corrected chi connectivity index (χ2v) is 7.04. The molecule has 0 N–H and O–H groups in total. The maximum Gasteiger partial charge on any atom is 0.342 e. The number of ether oxygens (including phenoxy) is 1. The third-order valence-electron chi connectivity index (χ3n) is 5.21. The monoisotopic (exact) mass is 391 g/mol. The number of carbonyl (C=O) groups excluding carboxylic acids is 1. The Labute approximate surface area is 170 Å². The Bertz CT molecular complexity index is 1000. The normalized spacial score (nSPS) is 19.9. The van der Waals surface area contributed by atoms with Gasteiger partial charge < -0.3 is 14.1 Å². The van der Waals surface area contributed by atoms with E-state index >= 15 is 0 Å². The van der Waals surface area contributed by atoms with E-state index in [9.17, 15) is 4.79 Å². The molecule has 1 aromatic carbocycles. The predicted molar refractivity (Wildman–Crippen MR) is 113 cm³/mol. The molecule has 1 aromatic heterocycles. The maximum absolute atomic E-state index is 12.8. The zero-order chi connectivity index (χ0) is 20.5. The number of benzene rings is 1. The molecule has 1 atom stereocenters. The van der Waals surface area contributed by atoms with E-state index in [1.807, 2.05) is 81.6 Å². The van der Waals surface area contributed by atoms with Crippen LogP contribution in [0.5, 0.6) is 0 Å². The van der Waals surface area contributed by atoms with E-state index in [0.717, 1.165) is 16.9 Å². The molecule has 6 nitrogen and oxygen atoms in total. The molecular formula is C23H25N3O3. The Kier molecular flexibility index (Phi) is 5.03. The van der Waals surface area contributed by atoms with Crippen molar-refractivity contribution in [2.75, 3.05) is 25.7 Å². The third-order valence-corrected chi connectivity index (χ3v) is 5.21. The van der Waals surface area contributed by atoms with Crippen LogP contribution in [0.15, 0.2) is 71.0 Å². The van der Waals surface area contributed by atoms with Crippen LogP contribution in [0.3, 0.4) is 0 Å². The third kappa shape index (κ3) is 3.25. The zero-order valence-corrected chi connectivity index (χ0v) is 17.1. The molecule has 0 bridgehead atoms. The molecule has 0 aliphatic carbocycles. The number of para-hydroxylation sites is 1. The van der Waals surface area contributed by atoms with Crippen LogP contribution < -0.4 is 5.01 Å². The molecule has 150 valence electrons. The number of hydrazine groups is 1. The van der Waals surface area contributed by atoms with Crippen molar-refractivity contribution in [1.82, 2.24) is 9.91 Å². The first kappa shape index (κ1) is 19.1. The van der Waals surface area contributed by atoms with Crippen LogP contribution in [0.4, 0.5) is 11.6 Å². The largest absolute Gasteiger partial charge is 0.462 e. The van der Waals surface area contributed by atoms with Gasteiger partial charge in [0.2, 0.25) is 5.88 Å². The Morgan fingerprint density at radius 2 is 1.97 bits per heavy atom. The van der Waals surface area contributed by atoms with Crippen molar-refractivity contribution in [3.05, 3.63) is 83.4 Å². The smallest absolute Gasteiger partial charge is 0.342 e. The molecule has 4 rings (SSSR count). The van der Waals surface area contributed by atoms with Crippen molar-refractivity contribution >= 4 is 17.5 Å². The highest BCUT2D eigenvalue weighted by atomic mass is 16.5. The van der Waals surface area contributed by atoms with Gasteiger partial charge in [-0.15, -0.1) is 0 Å². The highest BCUT2D eigenvalue weighted by Crippen LogP contribution is 2.48. The molecule has 0 fully saturated rings. The molecule has 0 saturated carbocycles. The van der Waals surface area contributed by atoms with E-state index in [1.54, 1.807) is 0 Å². The molecule has 0 radical (unpaired) electrons. The summed E-state index contributed by atoms with van der Waals surface area (Å²) in [6.07, 6.45) is 10.2. The lowest BCUT2D eigenvalue weighted by Gasteiger charge is -2.30. The predicted octanol–water partition coefficient (Wildman–Crippen LogP) is 4.70. The fourth-order valence-electron chi connectivity index (χ4n) is 3.82. The van der Waals surface area contributed by atoms with Gasteiger partial charge in [-0.05, 0) is 44.2 Å². The van der Waals surface area contributed by atoms with Crippen molar-refractivity contribution in [3.8, 4) is 0 Å².